The van der Waals surface area contributed by atoms with Gasteiger partial charge in [0.2, 0.25) is 0 Å². The second kappa shape index (κ2) is 8.84. The molecule has 2 aromatic carbocycles. The molecule has 0 aliphatic heterocycles. The highest BCUT2D eigenvalue weighted by molar-refractivity contribution is 5.94. The molecule has 0 fully saturated rings. The Morgan fingerprint density at radius 2 is 1.62 bits per heavy atom. The minimum Gasteiger partial charge on any atom is -0.481 e. The molecule has 2 aromatic rings. The van der Waals surface area contributed by atoms with Crippen LogP contribution in [0.5, 0.6) is 0 Å². The van der Waals surface area contributed by atoms with Crippen molar-refractivity contribution in [1.29, 1.82) is 0 Å². The van der Waals surface area contributed by atoms with E-state index in [0.717, 1.165) is 5.56 Å². The summed E-state index contributed by atoms with van der Waals surface area (Å²) in [6.07, 6.45) is 0.306. The first kappa shape index (κ1) is 17.7. The fraction of sp³-hybridized carbons (Fsp3) is 0.263. The van der Waals surface area contributed by atoms with Crippen LogP contribution in [0.15, 0.2) is 60.7 Å². The van der Waals surface area contributed by atoms with Gasteiger partial charge in [-0.1, -0.05) is 48.5 Å². The standard InChI is InChI=1S/C19H21NO4/c1-24-13-12-16(19(22)23)17(14-8-4-2-5-9-14)20-18(21)15-10-6-3-7-11-15/h2-11,16-17H,12-13H2,1H3,(H,20,21)(H,22,23)/t16?,17-/m0/s1. The molecule has 2 rings (SSSR count). The van der Waals surface area contributed by atoms with E-state index in [1.54, 1.807) is 24.3 Å². The van der Waals surface area contributed by atoms with E-state index in [2.05, 4.69) is 5.32 Å². The van der Waals surface area contributed by atoms with Crippen LogP contribution in [0.2, 0.25) is 0 Å². The van der Waals surface area contributed by atoms with E-state index in [-0.39, 0.29) is 5.91 Å². The van der Waals surface area contributed by atoms with Gasteiger partial charge >= 0.3 is 5.97 Å². The van der Waals surface area contributed by atoms with E-state index in [1.807, 2.05) is 36.4 Å². The van der Waals surface area contributed by atoms with Crippen LogP contribution in [0.4, 0.5) is 0 Å². The fourth-order valence-electron chi connectivity index (χ4n) is 2.57. The van der Waals surface area contributed by atoms with E-state index in [1.165, 1.54) is 7.11 Å². The fourth-order valence-corrected chi connectivity index (χ4v) is 2.57. The number of carboxylic acids is 1. The number of benzene rings is 2. The number of ether oxygens (including phenoxy) is 1. The number of carbonyl (C=O) groups is 2. The van der Waals surface area contributed by atoms with Crippen LogP contribution >= 0.6 is 0 Å². The summed E-state index contributed by atoms with van der Waals surface area (Å²) in [6, 6.07) is 17.3. The molecule has 0 spiro atoms. The quantitative estimate of drug-likeness (QED) is 0.782. The molecular weight excluding hydrogens is 306 g/mol. The molecule has 2 atom stereocenters. The minimum atomic E-state index is -0.964. The van der Waals surface area contributed by atoms with Gasteiger partial charge in [0.15, 0.2) is 0 Å². The second-order valence-corrected chi connectivity index (χ2v) is 5.45. The van der Waals surface area contributed by atoms with E-state index < -0.39 is 17.9 Å². The maximum Gasteiger partial charge on any atom is 0.309 e. The third-order valence-corrected chi connectivity index (χ3v) is 3.83. The lowest BCUT2D eigenvalue weighted by molar-refractivity contribution is -0.143. The summed E-state index contributed by atoms with van der Waals surface area (Å²) in [5.74, 6) is -2.04. The van der Waals surface area contributed by atoms with Gasteiger partial charge in [-0.3, -0.25) is 9.59 Å². The highest BCUT2D eigenvalue weighted by Crippen LogP contribution is 2.26. The van der Waals surface area contributed by atoms with Crippen molar-refractivity contribution in [1.82, 2.24) is 5.32 Å². The molecule has 0 aliphatic carbocycles. The molecule has 0 radical (unpaired) electrons. The van der Waals surface area contributed by atoms with Crippen LogP contribution in [-0.2, 0) is 9.53 Å². The average molecular weight is 327 g/mol. The van der Waals surface area contributed by atoms with Gasteiger partial charge in [0.05, 0.1) is 12.0 Å². The lowest BCUT2D eigenvalue weighted by atomic mass is 9.90. The van der Waals surface area contributed by atoms with Crippen LogP contribution in [0.25, 0.3) is 0 Å². The third kappa shape index (κ3) is 4.67. The molecule has 0 bridgehead atoms. The number of carboxylic acid groups (broad SMARTS) is 1. The van der Waals surface area contributed by atoms with Gasteiger partial charge in [0.1, 0.15) is 0 Å². The van der Waals surface area contributed by atoms with Gasteiger partial charge < -0.3 is 15.2 Å². The Kier molecular flexibility index (Phi) is 6.51. The molecule has 1 amide bonds. The zero-order valence-electron chi connectivity index (χ0n) is 13.5. The Labute approximate surface area is 141 Å². The predicted molar refractivity (Wildman–Crippen MR) is 90.7 cm³/mol. The van der Waals surface area contributed by atoms with Crippen LogP contribution < -0.4 is 5.32 Å². The van der Waals surface area contributed by atoms with Crippen molar-refractivity contribution in [2.24, 2.45) is 5.92 Å². The van der Waals surface area contributed by atoms with Crippen LogP contribution in [0, 0.1) is 5.92 Å². The highest BCUT2D eigenvalue weighted by Gasteiger charge is 2.30. The third-order valence-electron chi connectivity index (χ3n) is 3.83. The Hall–Kier alpha value is -2.66. The number of nitrogens with one attached hydrogen (secondary N) is 1. The topological polar surface area (TPSA) is 75.6 Å². The summed E-state index contributed by atoms with van der Waals surface area (Å²) in [4.78, 5) is 24.2. The second-order valence-electron chi connectivity index (χ2n) is 5.45. The zero-order chi connectivity index (χ0) is 17.4. The summed E-state index contributed by atoms with van der Waals surface area (Å²) < 4.78 is 5.02. The summed E-state index contributed by atoms with van der Waals surface area (Å²) in [7, 11) is 1.53. The van der Waals surface area contributed by atoms with Gasteiger partial charge in [-0.05, 0) is 24.1 Å². The number of methoxy groups -OCH3 is 1. The summed E-state index contributed by atoms with van der Waals surface area (Å²) in [5.41, 5.74) is 1.25. The summed E-state index contributed by atoms with van der Waals surface area (Å²) in [6.45, 7) is 0.307. The number of carbonyl (C=O) groups excluding carboxylic acids is 1. The number of rotatable bonds is 8. The van der Waals surface area contributed by atoms with Crippen LogP contribution in [0.1, 0.15) is 28.4 Å². The smallest absolute Gasteiger partial charge is 0.309 e. The summed E-state index contributed by atoms with van der Waals surface area (Å²) in [5, 5.41) is 12.5. The summed E-state index contributed by atoms with van der Waals surface area (Å²) >= 11 is 0. The Morgan fingerprint density at radius 1 is 1.04 bits per heavy atom. The molecule has 5 nitrogen and oxygen atoms in total. The van der Waals surface area contributed by atoms with Gasteiger partial charge in [0.25, 0.3) is 5.91 Å². The lowest BCUT2D eigenvalue weighted by Crippen LogP contribution is -2.37. The van der Waals surface area contributed by atoms with Gasteiger partial charge in [-0.25, -0.2) is 0 Å². The molecule has 2 N–H and O–H groups in total. The van der Waals surface area contributed by atoms with Crippen molar-refractivity contribution in [3.8, 4) is 0 Å². The molecule has 1 unspecified atom stereocenters. The molecule has 0 saturated heterocycles. The molecule has 0 saturated carbocycles. The first-order valence-electron chi connectivity index (χ1n) is 7.76. The van der Waals surface area contributed by atoms with Crippen LogP contribution in [-0.4, -0.2) is 30.7 Å². The lowest BCUT2D eigenvalue weighted by Gasteiger charge is -2.25. The maximum atomic E-state index is 12.5. The molecule has 5 heteroatoms. The van der Waals surface area contributed by atoms with Crippen molar-refractivity contribution in [2.75, 3.05) is 13.7 Å². The first-order valence-corrected chi connectivity index (χ1v) is 7.76. The Balaban J connectivity index is 2.28. The van der Waals surface area contributed by atoms with Gasteiger partial charge in [0, 0.05) is 19.3 Å². The van der Waals surface area contributed by atoms with Gasteiger partial charge in [-0.15, -0.1) is 0 Å². The number of aliphatic carboxylic acids is 1. The van der Waals surface area contributed by atoms with Crippen molar-refractivity contribution >= 4 is 11.9 Å². The number of hydrogen-bond donors (Lipinski definition) is 2. The average Bonchev–Trinajstić information content (AvgIpc) is 2.62. The molecule has 0 aliphatic rings. The SMILES string of the molecule is COCCC(C(=O)O)[C@@H](NC(=O)c1ccccc1)c1ccccc1. The molecular formula is C19H21NO4. The highest BCUT2D eigenvalue weighted by atomic mass is 16.5. The van der Waals surface area contributed by atoms with Crippen molar-refractivity contribution in [3.05, 3.63) is 71.8 Å². The van der Waals surface area contributed by atoms with Crippen molar-refractivity contribution in [2.45, 2.75) is 12.5 Å². The van der Waals surface area contributed by atoms with E-state index in [4.69, 9.17) is 4.74 Å². The van der Waals surface area contributed by atoms with Crippen LogP contribution in [0.3, 0.4) is 0 Å². The van der Waals surface area contributed by atoms with E-state index in [0.29, 0.717) is 18.6 Å². The number of amides is 1. The monoisotopic (exact) mass is 327 g/mol. The van der Waals surface area contributed by atoms with E-state index in [9.17, 15) is 14.7 Å². The predicted octanol–water partition coefficient (Wildman–Crippen LogP) is 2.90. The molecule has 126 valence electrons. The zero-order valence-corrected chi connectivity index (χ0v) is 13.5. The molecule has 24 heavy (non-hydrogen) atoms. The Morgan fingerprint density at radius 3 is 2.17 bits per heavy atom. The van der Waals surface area contributed by atoms with Gasteiger partial charge in [-0.2, -0.15) is 0 Å². The minimum absolute atomic E-state index is 0.298. The Bertz CT molecular complexity index is 658. The normalized spacial score (nSPS) is 13.0. The largest absolute Gasteiger partial charge is 0.481 e. The molecule has 0 heterocycles. The first-order chi connectivity index (χ1) is 11.6. The van der Waals surface area contributed by atoms with Crippen molar-refractivity contribution in [3.63, 3.8) is 0 Å². The maximum absolute atomic E-state index is 12.5. The number of hydrogen-bond acceptors (Lipinski definition) is 3. The van der Waals surface area contributed by atoms with Crippen molar-refractivity contribution < 1.29 is 19.4 Å². The van der Waals surface area contributed by atoms with E-state index >= 15 is 0 Å². The molecule has 0 aromatic heterocycles.